The van der Waals surface area contributed by atoms with Gasteiger partial charge < -0.3 is 5.73 Å². The Morgan fingerprint density at radius 1 is 1.27 bits per heavy atom. The number of nitrogens with two attached hydrogens (primary N) is 1. The molecular formula is C10H19N. The van der Waals surface area contributed by atoms with Crippen molar-refractivity contribution in [3.63, 3.8) is 0 Å². The third-order valence-electron chi connectivity index (χ3n) is 4.41. The van der Waals surface area contributed by atoms with Crippen molar-refractivity contribution in [2.45, 2.75) is 39.7 Å². The molecule has 2 bridgehead atoms. The van der Waals surface area contributed by atoms with E-state index in [4.69, 9.17) is 5.73 Å². The van der Waals surface area contributed by atoms with Crippen LogP contribution in [0.2, 0.25) is 0 Å². The SMILES string of the molecule is CC1C2CC(C[C@H]1N)C2(C)C. The molecule has 4 atom stereocenters. The summed E-state index contributed by atoms with van der Waals surface area (Å²) in [7, 11) is 0. The summed E-state index contributed by atoms with van der Waals surface area (Å²) in [4.78, 5) is 0. The molecule has 0 aromatic heterocycles. The fourth-order valence-corrected chi connectivity index (χ4v) is 3.19. The number of fused-ring (bicyclic) bond motifs is 2. The summed E-state index contributed by atoms with van der Waals surface area (Å²) in [5.74, 6) is 2.60. The van der Waals surface area contributed by atoms with Gasteiger partial charge in [0.05, 0.1) is 0 Å². The highest BCUT2D eigenvalue weighted by Gasteiger charge is 2.55. The molecule has 1 heteroatoms. The number of hydrogen-bond acceptors (Lipinski definition) is 1. The molecule has 0 radical (unpaired) electrons. The van der Waals surface area contributed by atoms with Crippen molar-refractivity contribution in [3.8, 4) is 0 Å². The Kier molecular flexibility index (Phi) is 1.39. The van der Waals surface area contributed by atoms with E-state index in [0.29, 0.717) is 11.5 Å². The topological polar surface area (TPSA) is 26.0 Å². The van der Waals surface area contributed by atoms with Crippen LogP contribution in [0.4, 0.5) is 0 Å². The summed E-state index contributed by atoms with van der Waals surface area (Å²) in [5, 5.41) is 0. The molecule has 2 N–H and O–H groups in total. The van der Waals surface area contributed by atoms with Crippen molar-refractivity contribution in [1.29, 1.82) is 0 Å². The van der Waals surface area contributed by atoms with Gasteiger partial charge >= 0.3 is 0 Å². The quantitative estimate of drug-likeness (QED) is 0.566. The molecule has 1 nitrogen and oxygen atoms in total. The van der Waals surface area contributed by atoms with E-state index >= 15 is 0 Å². The standard InChI is InChI=1S/C10H19N/c1-6-8-4-7(5-9(6)11)10(8,2)3/h6-9H,4-5,11H2,1-3H3/t6?,7?,8?,9-/m1/s1. The highest BCUT2D eigenvalue weighted by molar-refractivity contribution is 5.06. The first-order valence-electron chi connectivity index (χ1n) is 4.79. The van der Waals surface area contributed by atoms with Gasteiger partial charge in [-0.1, -0.05) is 20.8 Å². The van der Waals surface area contributed by atoms with E-state index in [1.54, 1.807) is 0 Å². The monoisotopic (exact) mass is 153 g/mol. The Bertz CT molecular complexity index is 174. The molecule has 3 saturated carbocycles. The Hall–Kier alpha value is -0.0400. The first kappa shape index (κ1) is 7.60. The molecule has 3 rings (SSSR count). The van der Waals surface area contributed by atoms with E-state index in [2.05, 4.69) is 20.8 Å². The second-order valence-corrected chi connectivity index (χ2v) is 5.12. The van der Waals surface area contributed by atoms with Gasteiger partial charge in [0.25, 0.3) is 0 Å². The molecule has 64 valence electrons. The van der Waals surface area contributed by atoms with Gasteiger partial charge in [-0.25, -0.2) is 0 Å². The van der Waals surface area contributed by atoms with Crippen molar-refractivity contribution >= 4 is 0 Å². The molecule has 0 aromatic rings. The van der Waals surface area contributed by atoms with Crippen LogP contribution in [-0.4, -0.2) is 6.04 Å². The van der Waals surface area contributed by atoms with Gasteiger partial charge in [0.2, 0.25) is 0 Å². The van der Waals surface area contributed by atoms with Crippen LogP contribution in [-0.2, 0) is 0 Å². The molecule has 3 fully saturated rings. The van der Waals surface area contributed by atoms with Crippen LogP contribution in [0.5, 0.6) is 0 Å². The molecule has 0 amide bonds. The van der Waals surface area contributed by atoms with Gasteiger partial charge in [0, 0.05) is 6.04 Å². The maximum absolute atomic E-state index is 6.02. The number of hydrogen-bond donors (Lipinski definition) is 1. The lowest BCUT2D eigenvalue weighted by Crippen LogP contribution is -2.58. The summed E-state index contributed by atoms with van der Waals surface area (Å²) >= 11 is 0. The first-order chi connectivity index (χ1) is 5.03. The van der Waals surface area contributed by atoms with Gasteiger partial charge in [-0.3, -0.25) is 0 Å². The van der Waals surface area contributed by atoms with E-state index in [1.165, 1.54) is 12.8 Å². The summed E-state index contributed by atoms with van der Waals surface area (Å²) in [6.45, 7) is 7.15. The fourth-order valence-electron chi connectivity index (χ4n) is 3.19. The Labute approximate surface area is 69.4 Å². The van der Waals surface area contributed by atoms with Gasteiger partial charge in [0.15, 0.2) is 0 Å². The van der Waals surface area contributed by atoms with Gasteiger partial charge in [0.1, 0.15) is 0 Å². The third-order valence-corrected chi connectivity index (χ3v) is 4.41. The second kappa shape index (κ2) is 2.01. The minimum Gasteiger partial charge on any atom is -0.327 e. The van der Waals surface area contributed by atoms with E-state index in [0.717, 1.165) is 17.8 Å². The van der Waals surface area contributed by atoms with Gasteiger partial charge in [-0.05, 0) is 36.0 Å². The van der Waals surface area contributed by atoms with Crippen LogP contribution in [0.3, 0.4) is 0 Å². The van der Waals surface area contributed by atoms with Crippen LogP contribution in [0.1, 0.15) is 33.6 Å². The highest BCUT2D eigenvalue weighted by atomic mass is 14.7. The van der Waals surface area contributed by atoms with Crippen molar-refractivity contribution in [2.75, 3.05) is 0 Å². The summed E-state index contributed by atoms with van der Waals surface area (Å²) in [6.07, 6.45) is 2.71. The second-order valence-electron chi connectivity index (χ2n) is 5.12. The Balaban J connectivity index is 2.17. The van der Waals surface area contributed by atoms with Crippen LogP contribution in [0, 0.1) is 23.2 Å². The lowest BCUT2D eigenvalue weighted by Gasteiger charge is -2.61. The van der Waals surface area contributed by atoms with E-state index < -0.39 is 0 Å². The van der Waals surface area contributed by atoms with Gasteiger partial charge in [-0.15, -0.1) is 0 Å². The normalized spacial score (nSPS) is 53.5. The minimum atomic E-state index is 0.492. The van der Waals surface area contributed by atoms with Crippen molar-refractivity contribution < 1.29 is 0 Å². The zero-order valence-corrected chi connectivity index (χ0v) is 7.80. The maximum Gasteiger partial charge on any atom is 0.00702 e. The van der Waals surface area contributed by atoms with Crippen molar-refractivity contribution in [2.24, 2.45) is 28.9 Å². The molecule has 3 aliphatic rings. The summed E-state index contributed by atoms with van der Waals surface area (Å²) in [6, 6.07) is 0.492. The molecular weight excluding hydrogens is 134 g/mol. The highest BCUT2D eigenvalue weighted by Crippen LogP contribution is 2.60. The maximum atomic E-state index is 6.02. The average molecular weight is 153 g/mol. The van der Waals surface area contributed by atoms with Crippen molar-refractivity contribution in [3.05, 3.63) is 0 Å². The largest absolute Gasteiger partial charge is 0.327 e. The smallest absolute Gasteiger partial charge is 0.00702 e. The molecule has 3 unspecified atom stereocenters. The Morgan fingerprint density at radius 3 is 2.27 bits per heavy atom. The number of rotatable bonds is 0. The molecule has 0 saturated heterocycles. The lowest BCUT2D eigenvalue weighted by molar-refractivity contribution is -0.108. The zero-order valence-electron chi connectivity index (χ0n) is 7.80. The van der Waals surface area contributed by atoms with Crippen LogP contribution >= 0.6 is 0 Å². The molecule has 3 aliphatic carbocycles. The Morgan fingerprint density at radius 2 is 1.91 bits per heavy atom. The van der Waals surface area contributed by atoms with Crippen LogP contribution in [0.25, 0.3) is 0 Å². The fraction of sp³-hybridized carbons (Fsp3) is 1.00. The predicted molar refractivity (Wildman–Crippen MR) is 47.1 cm³/mol. The van der Waals surface area contributed by atoms with E-state index in [1.807, 2.05) is 0 Å². The predicted octanol–water partition coefficient (Wildman–Crippen LogP) is 2.02. The zero-order chi connectivity index (χ0) is 8.22. The molecule has 11 heavy (non-hydrogen) atoms. The molecule has 0 aliphatic heterocycles. The summed E-state index contributed by atoms with van der Waals surface area (Å²) in [5.41, 5.74) is 6.63. The first-order valence-corrected chi connectivity index (χ1v) is 4.79. The molecule has 0 heterocycles. The third kappa shape index (κ3) is 0.807. The van der Waals surface area contributed by atoms with Crippen LogP contribution in [0.15, 0.2) is 0 Å². The minimum absolute atomic E-state index is 0.492. The van der Waals surface area contributed by atoms with E-state index in [9.17, 15) is 0 Å². The van der Waals surface area contributed by atoms with Crippen LogP contribution < -0.4 is 5.73 Å². The average Bonchev–Trinajstić information content (AvgIpc) is 1.93. The van der Waals surface area contributed by atoms with Crippen molar-refractivity contribution in [1.82, 2.24) is 0 Å². The molecule has 0 aromatic carbocycles. The van der Waals surface area contributed by atoms with E-state index in [-0.39, 0.29) is 0 Å². The molecule has 0 spiro atoms. The lowest BCUT2D eigenvalue weighted by atomic mass is 9.45. The summed E-state index contributed by atoms with van der Waals surface area (Å²) < 4.78 is 0. The van der Waals surface area contributed by atoms with Gasteiger partial charge in [-0.2, -0.15) is 0 Å².